The minimum Gasteiger partial charge on any atom is -0.382 e. The summed E-state index contributed by atoms with van der Waals surface area (Å²) in [5.74, 6) is 1.15. The number of aryl methyl sites for hydroxylation is 1. The van der Waals surface area contributed by atoms with E-state index in [1.165, 1.54) is 0 Å². The van der Waals surface area contributed by atoms with Crippen LogP contribution in [0.1, 0.15) is 12.5 Å². The van der Waals surface area contributed by atoms with E-state index in [1.807, 2.05) is 31.2 Å². The molecular weight excluding hydrogens is 252 g/mol. The molecule has 1 heterocycles. The van der Waals surface area contributed by atoms with Crippen molar-refractivity contribution in [3.8, 4) is 11.1 Å². The molecule has 5 nitrogen and oxygen atoms in total. The third kappa shape index (κ3) is 3.45. The average Bonchev–Trinajstić information content (AvgIpc) is 2.46. The van der Waals surface area contributed by atoms with Crippen LogP contribution in [0.25, 0.3) is 11.1 Å². The van der Waals surface area contributed by atoms with E-state index in [9.17, 15) is 0 Å². The summed E-state index contributed by atoms with van der Waals surface area (Å²) in [7, 11) is 0. The van der Waals surface area contributed by atoms with Crippen LogP contribution in [0.5, 0.6) is 0 Å². The molecule has 0 radical (unpaired) electrons. The summed E-state index contributed by atoms with van der Waals surface area (Å²) >= 11 is 0. The Morgan fingerprint density at radius 3 is 2.75 bits per heavy atom. The van der Waals surface area contributed by atoms with Gasteiger partial charge in [-0.2, -0.15) is 0 Å². The van der Waals surface area contributed by atoms with Gasteiger partial charge >= 0.3 is 0 Å². The van der Waals surface area contributed by atoms with E-state index in [1.54, 1.807) is 0 Å². The molecule has 0 saturated heterocycles. The lowest BCUT2D eigenvalue weighted by Crippen LogP contribution is -2.11. The molecule has 0 spiro atoms. The van der Waals surface area contributed by atoms with Crippen LogP contribution < -0.4 is 11.1 Å². The molecule has 2 aromatic rings. The smallest absolute Gasteiger partial charge is 0.154 e. The molecule has 106 valence electrons. The van der Waals surface area contributed by atoms with Crippen molar-refractivity contribution in [2.75, 3.05) is 30.8 Å². The van der Waals surface area contributed by atoms with E-state index < -0.39 is 0 Å². The Labute approximate surface area is 119 Å². The van der Waals surface area contributed by atoms with Crippen molar-refractivity contribution in [2.24, 2.45) is 0 Å². The van der Waals surface area contributed by atoms with E-state index in [0.717, 1.165) is 16.7 Å². The van der Waals surface area contributed by atoms with Gasteiger partial charge in [-0.3, -0.25) is 0 Å². The molecule has 20 heavy (non-hydrogen) atoms. The second-order valence-electron chi connectivity index (χ2n) is 4.47. The monoisotopic (exact) mass is 272 g/mol. The summed E-state index contributed by atoms with van der Waals surface area (Å²) in [6.45, 7) is 6.07. The molecule has 0 aliphatic heterocycles. The van der Waals surface area contributed by atoms with Crippen LogP contribution in [0, 0.1) is 6.92 Å². The first-order valence-corrected chi connectivity index (χ1v) is 6.73. The van der Waals surface area contributed by atoms with Gasteiger partial charge in [0.2, 0.25) is 0 Å². The van der Waals surface area contributed by atoms with Crippen LogP contribution in [-0.2, 0) is 4.74 Å². The predicted molar refractivity (Wildman–Crippen MR) is 81.6 cm³/mol. The van der Waals surface area contributed by atoms with Gasteiger partial charge in [-0.25, -0.2) is 0 Å². The van der Waals surface area contributed by atoms with Crippen molar-refractivity contribution in [3.63, 3.8) is 0 Å². The Morgan fingerprint density at radius 1 is 1.20 bits per heavy atom. The molecule has 5 heteroatoms. The summed E-state index contributed by atoms with van der Waals surface area (Å²) in [6, 6.07) is 10.0. The molecule has 0 bridgehead atoms. The SMILES string of the molecule is CCOCCNc1cc(-c2ccccc2C)c(N)nn1. The van der Waals surface area contributed by atoms with Crippen molar-refractivity contribution in [3.05, 3.63) is 35.9 Å². The maximum absolute atomic E-state index is 5.94. The average molecular weight is 272 g/mol. The number of nitrogens with one attached hydrogen (secondary N) is 1. The van der Waals surface area contributed by atoms with Gasteiger partial charge < -0.3 is 15.8 Å². The highest BCUT2D eigenvalue weighted by atomic mass is 16.5. The number of ether oxygens (including phenoxy) is 1. The first-order valence-electron chi connectivity index (χ1n) is 6.73. The maximum atomic E-state index is 5.94. The van der Waals surface area contributed by atoms with Crippen LogP contribution in [0.2, 0.25) is 0 Å². The minimum atomic E-state index is 0.439. The van der Waals surface area contributed by atoms with Crippen LogP contribution in [0.4, 0.5) is 11.6 Å². The van der Waals surface area contributed by atoms with Gasteiger partial charge in [0.05, 0.1) is 6.61 Å². The van der Waals surface area contributed by atoms with Crippen LogP contribution >= 0.6 is 0 Å². The summed E-state index contributed by atoms with van der Waals surface area (Å²) in [4.78, 5) is 0. The Kier molecular flexibility index (Phi) is 4.90. The van der Waals surface area contributed by atoms with E-state index in [2.05, 4.69) is 28.5 Å². The number of nitrogen functional groups attached to an aromatic ring is 1. The lowest BCUT2D eigenvalue weighted by molar-refractivity contribution is 0.158. The molecule has 0 fully saturated rings. The third-order valence-corrected chi connectivity index (χ3v) is 3.01. The van der Waals surface area contributed by atoms with Crippen molar-refractivity contribution in [1.82, 2.24) is 10.2 Å². The lowest BCUT2D eigenvalue weighted by atomic mass is 10.0. The second kappa shape index (κ2) is 6.86. The Balaban J connectivity index is 2.19. The van der Waals surface area contributed by atoms with E-state index in [0.29, 0.717) is 31.4 Å². The lowest BCUT2D eigenvalue weighted by Gasteiger charge is -2.10. The van der Waals surface area contributed by atoms with Crippen LogP contribution in [-0.4, -0.2) is 30.0 Å². The predicted octanol–water partition coefficient (Wildman–Crippen LogP) is 2.48. The first kappa shape index (κ1) is 14.3. The maximum Gasteiger partial charge on any atom is 0.154 e. The third-order valence-electron chi connectivity index (χ3n) is 3.01. The highest BCUT2D eigenvalue weighted by Gasteiger charge is 2.08. The Bertz CT molecular complexity index is 572. The van der Waals surface area contributed by atoms with Crippen molar-refractivity contribution < 1.29 is 4.74 Å². The number of hydrogen-bond donors (Lipinski definition) is 2. The summed E-state index contributed by atoms with van der Waals surface area (Å²) in [5.41, 5.74) is 9.08. The fourth-order valence-electron chi connectivity index (χ4n) is 1.97. The number of benzene rings is 1. The zero-order valence-electron chi connectivity index (χ0n) is 11.9. The fourth-order valence-corrected chi connectivity index (χ4v) is 1.97. The highest BCUT2D eigenvalue weighted by molar-refractivity contribution is 5.77. The molecule has 0 amide bonds. The normalized spacial score (nSPS) is 10.5. The Morgan fingerprint density at radius 2 is 2.00 bits per heavy atom. The van der Waals surface area contributed by atoms with E-state index in [-0.39, 0.29) is 0 Å². The summed E-state index contributed by atoms with van der Waals surface area (Å²) in [5, 5.41) is 11.3. The quantitative estimate of drug-likeness (QED) is 0.790. The standard InChI is InChI=1S/C15H20N4O/c1-3-20-9-8-17-14-10-13(15(16)19-18-14)12-7-5-4-6-11(12)2/h4-7,10H,3,8-9H2,1-2H3,(H2,16,19)(H,17,18). The number of rotatable bonds is 6. The van der Waals surface area contributed by atoms with E-state index >= 15 is 0 Å². The van der Waals surface area contributed by atoms with Crippen molar-refractivity contribution >= 4 is 11.6 Å². The van der Waals surface area contributed by atoms with Gasteiger partial charge in [0.1, 0.15) is 5.82 Å². The van der Waals surface area contributed by atoms with Gasteiger partial charge in [-0.05, 0) is 31.0 Å². The molecule has 1 aromatic carbocycles. The fraction of sp³-hybridized carbons (Fsp3) is 0.333. The molecule has 0 aliphatic carbocycles. The molecule has 0 unspecified atom stereocenters. The van der Waals surface area contributed by atoms with Crippen molar-refractivity contribution in [2.45, 2.75) is 13.8 Å². The molecule has 1 aromatic heterocycles. The van der Waals surface area contributed by atoms with Crippen LogP contribution in [0.15, 0.2) is 30.3 Å². The zero-order valence-corrected chi connectivity index (χ0v) is 11.9. The second-order valence-corrected chi connectivity index (χ2v) is 4.47. The number of nitrogens with two attached hydrogens (primary N) is 1. The van der Waals surface area contributed by atoms with E-state index in [4.69, 9.17) is 10.5 Å². The van der Waals surface area contributed by atoms with Gasteiger partial charge in [-0.1, -0.05) is 24.3 Å². The highest BCUT2D eigenvalue weighted by Crippen LogP contribution is 2.28. The summed E-state index contributed by atoms with van der Waals surface area (Å²) in [6.07, 6.45) is 0. The van der Waals surface area contributed by atoms with Gasteiger partial charge in [0.25, 0.3) is 0 Å². The zero-order chi connectivity index (χ0) is 14.4. The topological polar surface area (TPSA) is 73.1 Å². The first-order chi connectivity index (χ1) is 9.72. The molecule has 0 saturated carbocycles. The number of anilines is 2. The summed E-state index contributed by atoms with van der Waals surface area (Å²) < 4.78 is 5.28. The minimum absolute atomic E-state index is 0.439. The molecule has 0 aliphatic rings. The molecular formula is C15H20N4O. The Hall–Kier alpha value is -2.14. The van der Waals surface area contributed by atoms with Crippen molar-refractivity contribution in [1.29, 1.82) is 0 Å². The van der Waals surface area contributed by atoms with Gasteiger partial charge in [-0.15, -0.1) is 10.2 Å². The largest absolute Gasteiger partial charge is 0.382 e. The number of hydrogen-bond acceptors (Lipinski definition) is 5. The van der Waals surface area contributed by atoms with Gasteiger partial charge in [0.15, 0.2) is 5.82 Å². The number of nitrogens with zero attached hydrogens (tertiary/aromatic N) is 2. The van der Waals surface area contributed by atoms with Crippen LogP contribution in [0.3, 0.4) is 0 Å². The molecule has 3 N–H and O–H groups in total. The molecule has 2 rings (SSSR count). The molecule has 0 atom stereocenters. The number of aromatic nitrogens is 2. The van der Waals surface area contributed by atoms with Gasteiger partial charge in [0, 0.05) is 18.7 Å².